The van der Waals surface area contributed by atoms with Crippen LogP contribution in [0.1, 0.15) is 52.9 Å². The van der Waals surface area contributed by atoms with E-state index in [9.17, 15) is 9.90 Å². The van der Waals surface area contributed by atoms with E-state index in [1.54, 1.807) is 19.2 Å². The summed E-state index contributed by atoms with van der Waals surface area (Å²) in [6.45, 7) is 4.67. The van der Waals surface area contributed by atoms with E-state index in [0.717, 1.165) is 41.7 Å². The molecule has 3 aromatic rings. The zero-order valence-corrected chi connectivity index (χ0v) is 21.2. The fourth-order valence-corrected chi connectivity index (χ4v) is 4.31. The summed E-state index contributed by atoms with van der Waals surface area (Å²) in [6.07, 6.45) is 2.29. The van der Waals surface area contributed by atoms with E-state index in [2.05, 4.69) is 0 Å². The number of rotatable bonds is 11. The first-order valence-corrected chi connectivity index (χ1v) is 12.3. The van der Waals surface area contributed by atoms with Crippen molar-refractivity contribution in [1.29, 1.82) is 0 Å². The summed E-state index contributed by atoms with van der Waals surface area (Å²) in [6, 6.07) is 19.1. The maximum Gasteiger partial charge on any atom is 0.203 e. The van der Waals surface area contributed by atoms with Crippen molar-refractivity contribution < 1.29 is 28.8 Å². The lowest BCUT2D eigenvalue weighted by Gasteiger charge is -2.33. The van der Waals surface area contributed by atoms with Crippen LogP contribution in [-0.4, -0.2) is 36.8 Å². The van der Waals surface area contributed by atoms with Crippen molar-refractivity contribution >= 4 is 5.78 Å². The van der Waals surface area contributed by atoms with Crippen LogP contribution in [0.3, 0.4) is 0 Å². The van der Waals surface area contributed by atoms with Crippen LogP contribution in [0.2, 0.25) is 0 Å². The van der Waals surface area contributed by atoms with Gasteiger partial charge in [-0.25, -0.2) is 0 Å². The Labute approximate surface area is 212 Å². The average Bonchev–Trinajstić information content (AvgIpc) is 2.89. The third-order valence-electron chi connectivity index (χ3n) is 6.36. The molecule has 0 spiro atoms. The van der Waals surface area contributed by atoms with Gasteiger partial charge in [0.25, 0.3) is 0 Å². The van der Waals surface area contributed by atoms with Crippen molar-refractivity contribution in [2.75, 3.05) is 20.3 Å². The van der Waals surface area contributed by atoms with Gasteiger partial charge in [-0.2, -0.15) is 0 Å². The number of methoxy groups -OCH3 is 1. The molecule has 4 rings (SSSR count). The first-order valence-electron chi connectivity index (χ1n) is 12.3. The lowest BCUT2D eigenvalue weighted by molar-refractivity contribution is 0.0812. The number of fused-ring (bicyclic) bond motifs is 1. The normalized spacial score (nSPS) is 14.0. The minimum atomic E-state index is -0.267. The van der Waals surface area contributed by atoms with Crippen molar-refractivity contribution in [3.05, 3.63) is 88.5 Å². The quantitative estimate of drug-likeness (QED) is 0.367. The fraction of sp³-hybridized carbons (Fsp3) is 0.367. The van der Waals surface area contributed by atoms with Crippen LogP contribution in [-0.2, 0) is 30.8 Å². The molecule has 1 N–H and O–H groups in total. The molecule has 1 aliphatic rings. The van der Waals surface area contributed by atoms with Crippen molar-refractivity contribution in [3.8, 4) is 17.2 Å². The molecule has 0 bridgehead atoms. The topological polar surface area (TPSA) is 74.2 Å². The molecule has 0 radical (unpaired) electrons. The molecule has 6 nitrogen and oxygen atoms in total. The monoisotopic (exact) mass is 490 g/mol. The molecule has 1 heterocycles. The largest absolute Gasteiger partial charge is 0.488 e. The van der Waals surface area contributed by atoms with Crippen LogP contribution in [0.4, 0.5) is 0 Å². The second kappa shape index (κ2) is 11.6. The summed E-state index contributed by atoms with van der Waals surface area (Å²) in [4.78, 5) is 13.3. The first-order chi connectivity index (χ1) is 17.4. The molecule has 0 saturated carbocycles. The highest BCUT2D eigenvalue weighted by molar-refractivity contribution is 5.99. The molecule has 190 valence electrons. The minimum Gasteiger partial charge on any atom is -0.488 e. The van der Waals surface area contributed by atoms with E-state index < -0.39 is 0 Å². The van der Waals surface area contributed by atoms with Gasteiger partial charge in [0.05, 0.1) is 18.8 Å². The van der Waals surface area contributed by atoms with Crippen LogP contribution < -0.4 is 14.2 Å². The lowest BCUT2D eigenvalue weighted by Crippen LogP contribution is -2.33. The van der Waals surface area contributed by atoms with E-state index in [4.69, 9.17) is 18.9 Å². The Morgan fingerprint density at radius 2 is 1.83 bits per heavy atom. The molecule has 0 unspecified atom stereocenters. The summed E-state index contributed by atoms with van der Waals surface area (Å²) < 4.78 is 23.5. The second-order valence-electron chi connectivity index (χ2n) is 9.61. The van der Waals surface area contributed by atoms with Gasteiger partial charge >= 0.3 is 0 Å². The number of hydrogen-bond donors (Lipinski definition) is 1. The molecule has 3 aromatic carbocycles. The number of ether oxygens (including phenoxy) is 4. The Balaban J connectivity index is 1.55. The molecule has 1 aliphatic heterocycles. The smallest absolute Gasteiger partial charge is 0.203 e. The number of benzene rings is 3. The summed E-state index contributed by atoms with van der Waals surface area (Å²) in [5.41, 5.74) is 3.76. The zero-order chi connectivity index (χ0) is 25.5. The van der Waals surface area contributed by atoms with Crippen molar-refractivity contribution in [3.63, 3.8) is 0 Å². The van der Waals surface area contributed by atoms with Crippen molar-refractivity contribution in [2.45, 2.75) is 51.9 Å². The SMILES string of the molecule is COCCc1ccc(C(=O)COc2c(CO)ccc3c2CCC(C)(C)O3)c(OCc2ccccc2)c1. The third-order valence-corrected chi connectivity index (χ3v) is 6.36. The van der Waals surface area contributed by atoms with Gasteiger partial charge in [-0.1, -0.05) is 36.4 Å². The predicted molar refractivity (Wildman–Crippen MR) is 138 cm³/mol. The van der Waals surface area contributed by atoms with Gasteiger partial charge in [-0.3, -0.25) is 4.79 Å². The van der Waals surface area contributed by atoms with E-state index in [1.807, 2.05) is 62.4 Å². The minimum absolute atomic E-state index is 0.175. The highest BCUT2D eigenvalue weighted by Crippen LogP contribution is 2.40. The number of Topliss-reactive ketones (excluding diaryl/α,β-unsaturated/α-hetero) is 1. The maximum absolute atomic E-state index is 13.3. The van der Waals surface area contributed by atoms with Crippen LogP contribution >= 0.6 is 0 Å². The summed E-state index contributed by atoms with van der Waals surface area (Å²) in [5.74, 6) is 1.58. The van der Waals surface area contributed by atoms with Crippen molar-refractivity contribution in [1.82, 2.24) is 0 Å². The van der Waals surface area contributed by atoms with Crippen molar-refractivity contribution in [2.24, 2.45) is 0 Å². The predicted octanol–water partition coefficient (Wildman–Crippen LogP) is 5.31. The number of carbonyl (C=O) groups excluding carboxylic acids is 1. The summed E-state index contributed by atoms with van der Waals surface area (Å²) in [5, 5.41) is 9.89. The van der Waals surface area contributed by atoms with E-state index in [1.165, 1.54) is 0 Å². The Hall–Kier alpha value is -3.35. The lowest BCUT2D eigenvalue weighted by atomic mass is 9.92. The molecule has 0 amide bonds. The molecular formula is C30H34O6. The van der Waals surface area contributed by atoms with Gasteiger partial charge in [0, 0.05) is 18.2 Å². The third kappa shape index (κ3) is 6.25. The van der Waals surface area contributed by atoms with Gasteiger partial charge in [-0.05, 0) is 68.5 Å². The Morgan fingerprint density at radius 3 is 2.58 bits per heavy atom. The highest BCUT2D eigenvalue weighted by Gasteiger charge is 2.30. The number of aliphatic hydroxyl groups is 1. The maximum atomic E-state index is 13.3. The second-order valence-corrected chi connectivity index (χ2v) is 9.61. The number of aliphatic hydroxyl groups excluding tert-OH is 1. The number of ketones is 1. The van der Waals surface area contributed by atoms with Gasteiger partial charge in [0.1, 0.15) is 29.5 Å². The van der Waals surface area contributed by atoms with Crippen LogP contribution in [0.25, 0.3) is 0 Å². The Kier molecular flexibility index (Phi) is 8.28. The fourth-order valence-electron chi connectivity index (χ4n) is 4.31. The van der Waals surface area contributed by atoms with E-state index >= 15 is 0 Å². The molecule has 0 saturated heterocycles. The molecule has 36 heavy (non-hydrogen) atoms. The number of hydrogen-bond acceptors (Lipinski definition) is 6. The van der Waals surface area contributed by atoms with Gasteiger partial charge < -0.3 is 24.1 Å². The van der Waals surface area contributed by atoms with Gasteiger partial charge in [0.2, 0.25) is 5.78 Å². The Bertz CT molecular complexity index is 1190. The molecule has 0 atom stereocenters. The Morgan fingerprint density at radius 1 is 1.03 bits per heavy atom. The number of carbonyl (C=O) groups is 1. The molecule has 0 fully saturated rings. The molecule has 6 heteroatoms. The summed E-state index contributed by atoms with van der Waals surface area (Å²) >= 11 is 0. The molecule has 0 aliphatic carbocycles. The van der Waals surface area contributed by atoms with Gasteiger partial charge in [-0.15, -0.1) is 0 Å². The van der Waals surface area contributed by atoms with Crippen LogP contribution in [0.15, 0.2) is 60.7 Å². The van der Waals surface area contributed by atoms with E-state index in [-0.39, 0.29) is 24.6 Å². The molecule has 0 aromatic heterocycles. The van der Waals surface area contributed by atoms with Crippen LogP contribution in [0, 0.1) is 0 Å². The highest BCUT2D eigenvalue weighted by atomic mass is 16.5. The molecular weight excluding hydrogens is 456 g/mol. The van der Waals surface area contributed by atoms with E-state index in [0.29, 0.717) is 35.8 Å². The average molecular weight is 491 g/mol. The van der Waals surface area contributed by atoms with Gasteiger partial charge in [0.15, 0.2) is 6.61 Å². The summed E-state index contributed by atoms with van der Waals surface area (Å²) in [7, 11) is 1.66. The standard InChI is InChI=1S/C30H34O6/c1-30(2)15-13-25-27(36-30)12-10-23(18-31)29(25)35-20-26(32)24-11-9-21(14-16-33-3)17-28(24)34-19-22-7-5-4-6-8-22/h4-12,17,31H,13-16,18-20H2,1-3H3. The zero-order valence-electron chi connectivity index (χ0n) is 21.2. The first kappa shape index (κ1) is 25.7. The van der Waals surface area contributed by atoms with Crippen LogP contribution in [0.5, 0.6) is 17.2 Å².